The molecule has 0 atom stereocenters. The largest absolute Gasteiger partial charge is 0.481 e. The summed E-state index contributed by atoms with van der Waals surface area (Å²) >= 11 is 0. The Balaban J connectivity index is 1.96. The first-order chi connectivity index (χ1) is 9.58. The van der Waals surface area contributed by atoms with Crippen molar-refractivity contribution in [2.75, 3.05) is 11.4 Å². The zero-order chi connectivity index (χ0) is 14.5. The summed E-state index contributed by atoms with van der Waals surface area (Å²) in [5, 5.41) is 8.80. The van der Waals surface area contributed by atoms with Gasteiger partial charge in [0.2, 0.25) is 0 Å². The zero-order valence-corrected chi connectivity index (χ0v) is 12.5. The van der Waals surface area contributed by atoms with Crippen molar-refractivity contribution in [2.45, 2.75) is 45.6 Å². The van der Waals surface area contributed by atoms with Crippen molar-refractivity contribution < 1.29 is 9.90 Å². The van der Waals surface area contributed by atoms with Crippen LogP contribution in [0.3, 0.4) is 0 Å². The third-order valence-electron chi connectivity index (χ3n) is 4.41. The predicted molar refractivity (Wildman–Crippen MR) is 82.0 cm³/mol. The minimum Gasteiger partial charge on any atom is -0.481 e. The maximum atomic E-state index is 10.7. The van der Waals surface area contributed by atoms with Crippen LogP contribution < -0.4 is 4.90 Å². The van der Waals surface area contributed by atoms with E-state index in [9.17, 15) is 4.79 Å². The van der Waals surface area contributed by atoms with Crippen molar-refractivity contribution in [2.24, 2.45) is 11.8 Å². The minimum atomic E-state index is -0.702. The third-order valence-corrected chi connectivity index (χ3v) is 4.41. The van der Waals surface area contributed by atoms with Gasteiger partial charge >= 0.3 is 5.97 Å². The van der Waals surface area contributed by atoms with Crippen LogP contribution in [0.25, 0.3) is 0 Å². The van der Waals surface area contributed by atoms with E-state index >= 15 is 0 Å². The van der Waals surface area contributed by atoms with E-state index in [0.717, 1.165) is 18.4 Å². The SMILES string of the molecule is CC(C)C1CC(N(CCCC(=O)O)c2ccccc2)C1. The topological polar surface area (TPSA) is 40.5 Å². The van der Waals surface area contributed by atoms with Crippen LogP contribution in [-0.2, 0) is 4.79 Å². The van der Waals surface area contributed by atoms with Crippen molar-refractivity contribution in [3.63, 3.8) is 0 Å². The first-order valence-corrected chi connectivity index (χ1v) is 7.61. The molecule has 0 bridgehead atoms. The van der Waals surface area contributed by atoms with E-state index in [2.05, 4.69) is 43.0 Å². The Morgan fingerprint density at radius 2 is 1.95 bits per heavy atom. The van der Waals surface area contributed by atoms with Gasteiger partial charge in [0.1, 0.15) is 0 Å². The number of anilines is 1. The molecular weight excluding hydrogens is 250 g/mol. The molecule has 1 aliphatic carbocycles. The molecule has 110 valence electrons. The Labute approximate surface area is 121 Å². The average Bonchev–Trinajstić information content (AvgIpc) is 2.35. The van der Waals surface area contributed by atoms with Gasteiger partial charge in [-0.2, -0.15) is 0 Å². The molecule has 0 heterocycles. The standard InChI is InChI=1S/C17H25NO2/c1-13(2)14-11-16(12-14)18(10-6-9-17(19)20)15-7-4-3-5-8-15/h3-5,7-8,13-14,16H,6,9-12H2,1-2H3,(H,19,20). The van der Waals surface area contributed by atoms with E-state index < -0.39 is 5.97 Å². The molecule has 1 aromatic carbocycles. The van der Waals surface area contributed by atoms with E-state index in [1.807, 2.05) is 6.07 Å². The first kappa shape index (κ1) is 14.9. The van der Waals surface area contributed by atoms with Gasteiger partial charge in [-0.1, -0.05) is 32.0 Å². The highest BCUT2D eigenvalue weighted by molar-refractivity contribution is 5.66. The molecule has 0 spiro atoms. The number of hydrogen-bond donors (Lipinski definition) is 1. The van der Waals surface area contributed by atoms with Crippen LogP contribution >= 0.6 is 0 Å². The van der Waals surface area contributed by atoms with Crippen LogP contribution in [0.2, 0.25) is 0 Å². The number of benzene rings is 1. The lowest BCUT2D eigenvalue weighted by atomic mass is 9.73. The summed E-state index contributed by atoms with van der Waals surface area (Å²) in [7, 11) is 0. The second-order valence-electron chi connectivity index (χ2n) is 6.16. The molecule has 1 aliphatic rings. The Morgan fingerprint density at radius 3 is 2.50 bits per heavy atom. The number of hydrogen-bond acceptors (Lipinski definition) is 2. The van der Waals surface area contributed by atoms with E-state index in [0.29, 0.717) is 12.5 Å². The molecule has 0 aromatic heterocycles. The molecule has 0 unspecified atom stereocenters. The normalized spacial score (nSPS) is 21.6. The lowest BCUT2D eigenvalue weighted by Crippen LogP contribution is -2.46. The summed E-state index contributed by atoms with van der Waals surface area (Å²) in [6.07, 6.45) is 3.44. The van der Waals surface area contributed by atoms with Crippen LogP contribution in [0.15, 0.2) is 30.3 Å². The molecule has 0 amide bonds. The molecule has 0 saturated heterocycles. The number of para-hydroxylation sites is 1. The molecule has 1 aromatic rings. The Morgan fingerprint density at radius 1 is 1.30 bits per heavy atom. The van der Waals surface area contributed by atoms with Crippen molar-refractivity contribution in [1.82, 2.24) is 0 Å². The Kier molecular flexibility index (Phi) is 5.05. The van der Waals surface area contributed by atoms with Gasteiger partial charge < -0.3 is 10.0 Å². The third kappa shape index (κ3) is 3.75. The number of carboxylic acids is 1. The summed E-state index contributed by atoms with van der Waals surface area (Å²) in [5.74, 6) is 0.875. The highest BCUT2D eigenvalue weighted by Gasteiger charge is 2.35. The van der Waals surface area contributed by atoms with Gasteiger partial charge in [-0.25, -0.2) is 0 Å². The summed E-state index contributed by atoms with van der Waals surface area (Å²) in [6.45, 7) is 5.42. The number of carboxylic acid groups (broad SMARTS) is 1. The number of nitrogens with zero attached hydrogens (tertiary/aromatic N) is 1. The van der Waals surface area contributed by atoms with E-state index in [-0.39, 0.29) is 6.42 Å². The van der Waals surface area contributed by atoms with Gasteiger partial charge in [-0.3, -0.25) is 4.79 Å². The maximum Gasteiger partial charge on any atom is 0.303 e. The molecule has 1 saturated carbocycles. The molecule has 2 rings (SSSR count). The second kappa shape index (κ2) is 6.78. The summed E-state index contributed by atoms with van der Waals surface area (Å²) in [6, 6.07) is 11.0. The van der Waals surface area contributed by atoms with Crippen molar-refractivity contribution in [1.29, 1.82) is 0 Å². The molecule has 1 N–H and O–H groups in total. The lowest BCUT2D eigenvalue weighted by Gasteiger charge is -2.46. The summed E-state index contributed by atoms with van der Waals surface area (Å²) in [5.41, 5.74) is 1.23. The van der Waals surface area contributed by atoms with Gasteiger partial charge in [0.25, 0.3) is 0 Å². The molecule has 0 aliphatic heterocycles. The molecule has 3 nitrogen and oxygen atoms in total. The fourth-order valence-corrected chi connectivity index (χ4v) is 2.97. The number of rotatable bonds is 7. The molecule has 1 fully saturated rings. The Hall–Kier alpha value is -1.51. The van der Waals surface area contributed by atoms with Gasteiger partial charge in [0.05, 0.1) is 0 Å². The van der Waals surface area contributed by atoms with Crippen LogP contribution in [0, 0.1) is 11.8 Å². The zero-order valence-electron chi connectivity index (χ0n) is 12.5. The summed E-state index contributed by atoms with van der Waals surface area (Å²) < 4.78 is 0. The second-order valence-corrected chi connectivity index (χ2v) is 6.16. The molecule has 3 heteroatoms. The highest BCUT2D eigenvalue weighted by Crippen LogP contribution is 2.38. The number of aliphatic carboxylic acids is 1. The van der Waals surface area contributed by atoms with Crippen LogP contribution in [0.1, 0.15) is 39.5 Å². The van der Waals surface area contributed by atoms with Crippen LogP contribution in [-0.4, -0.2) is 23.7 Å². The van der Waals surface area contributed by atoms with Crippen molar-refractivity contribution in [3.8, 4) is 0 Å². The summed E-state index contributed by atoms with van der Waals surface area (Å²) in [4.78, 5) is 13.1. The van der Waals surface area contributed by atoms with E-state index in [1.54, 1.807) is 0 Å². The first-order valence-electron chi connectivity index (χ1n) is 7.61. The molecular formula is C17H25NO2. The smallest absolute Gasteiger partial charge is 0.303 e. The van der Waals surface area contributed by atoms with Crippen LogP contribution in [0.4, 0.5) is 5.69 Å². The average molecular weight is 275 g/mol. The van der Waals surface area contributed by atoms with Crippen molar-refractivity contribution >= 4 is 11.7 Å². The van der Waals surface area contributed by atoms with Crippen molar-refractivity contribution in [3.05, 3.63) is 30.3 Å². The van der Waals surface area contributed by atoms with E-state index in [4.69, 9.17) is 5.11 Å². The monoisotopic (exact) mass is 275 g/mol. The van der Waals surface area contributed by atoms with Crippen LogP contribution in [0.5, 0.6) is 0 Å². The minimum absolute atomic E-state index is 0.254. The van der Waals surface area contributed by atoms with Gasteiger partial charge in [-0.15, -0.1) is 0 Å². The highest BCUT2D eigenvalue weighted by atomic mass is 16.4. The quantitative estimate of drug-likeness (QED) is 0.823. The predicted octanol–water partition coefficient (Wildman–Crippen LogP) is 3.79. The van der Waals surface area contributed by atoms with E-state index in [1.165, 1.54) is 18.5 Å². The Bertz CT molecular complexity index is 424. The maximum absolute atomic E-state index is 10.7. The fraction of sp³-hybridized carbons (Fsp3) is 0.588. The molecule has 20 heavy (non-hydrogen) atoms. The van der Waals surface area contributed by atoms with Gasteiger partial charge in [-0.05, 0) is 43.2 Å². The fourth-order valence-electron chi connectivity index (χ4n) is 2.97. The van der Waals surface area contributed by atoms with Gasteiger partial charge in [0.15, 0.2) is 0 Å². The van der Waals surface area contributed by atoms with Gasteiger partial charge in [0, 0.05) is 24.7 Å². The molecule has 0 radical (unpaired) electrons. The number of carbonyl (C=O) groups is 1. The lowest BCUT2D eigenvalue weighted by molar-refractivity contribution is -0.137.